The highest BCUT2D eigenvalue weighted by Crippen LogP contribution is 2.61. The molecule has 2 amide bonds. The number of imidazole rings is 1. The number of aliphatic hydroxyl groups is 2. The van der Waals surface area contributed by atoms with Gasteiger partial charge in [-0.25, -0.2) is 28.6 Å². The number of nitrogens with zero attached hydrogens (tertiary/aromatic N) is 4. The molecule has 24 nitrogen and oxygen atoms in total. The number of hydrogen-bond donors (Lipinski definition) is 9. The first-order valence-electron chi connectivity index (χ1n) is 20.0. The molecule has 3 unspecified atom stereocenters. The lowest BCUT2D eigenvalue weighted by atomic mass is 9.87. The van der Waals surface area contributed by atoms with E-state index in [1.807, 2.05) is 0 Å². The molecular formula is C34H60N7O17P3S. The van der Waals surface area contributed by atoms with Gasteiger partial charge in [0.1, 0.15) is 36.3 Å². The summed E-state index contributed by atoms with van der Waals surface area (Å²) in [6.07, 6.45) is 3.10. The van der Waals surface area contributed by atoms with Crippen LogP contribution in [-0.2, 0) is 50.7 Å². The Kier molecular flexibility index (Phi) is 21.5. The minimum absolute atomic E-state index is 0.0330. The molecule has 0 aromatic carbocycles. The summed E-state index contributed by atoms with van der Waals surface area (Å²) >= 11 is 1.15. The summed E-state index contributed by atoms with van der Waals surface area (Å²) in [6, 6.07) is 0. The number of aromatic nitrogens is 4. The molecule has 1 aliphatic heterocycles. The van der Waals surface area contributed by atoms with E-state index in [1.54, 1.807) is 0 Å². The van der Waals surface area contributed by atoms with E-state index in [0.29, 0.717) is 18.1 Å². The lowest BCUT2D eigenvalue weighted by molar-refractivity contribution is -0.137. The average molecular weight is 964 g/mol. The predicted molar refractivity (Wildman–Crippen MR) is 223 cm³/mol. The van der Waals surface area contributed by atoms with Gasteiger partial charge in [-0.2, -0.15) is 4.31 Å². The summed E-state index contributed by atoms with van der Waals surface area (Å²) in [5.41, 5.74) is 4.28. The molecule has 8 atom stereocenters. The molecule has 0 bridgehead atoms. The monoisotopic (exact) mass is 963 g/mol. The largest absolute Gasteiger partial charge is 0.481 e. The van der Waals surface area contributed by atoms with Gasteiger partial charge in [-0.3, -0.25) is 32.5 Å². The molecule has 1 aliphatic rings. The van der Waals surface area contributed by atoms with Crippen LogP contribution in [0.25, 0.3) is 11.2 Å². The zero-order chi connectivity index (χ0) is 46.3. The molecule has 2 aromatic heterocycles. The number of nitrogens with one attached hydrogen (secondary N) is 2. The van der Waals surface area contributed by atoms with Crippen molar-refractivity contribution in [1.29, 1.82) is 0 Å². The molecule has 0 saturated carbocycles. The Bertz CT molecular complexity index is 1920. The predicted octanol–water partition coefficient (Wildman–Crippen LogP) is 2.83. The lowest BCUT2D eigenvalue weighted by Gasteiger charge is -2.30. The molecule has 1 saturated heterocycles. The Hall–Kier alpha value is -2.44. The van der Waals surface area contributed by atoms with E-state index in [9.17, 15) is 57.9 Å². The van der Waals surface area contributed by atoms with Crippen molar-refractivity contribution in [1.82, 2.24) is 30.2 Å². The smallest absolute Gasteiger partial charge is 0.386 e. The number of ether oxygens (including phenoxy) is 1. The second kappa shape index (κ2) is 24.7. The maximum Gasteiger partial charge on any atom is 0.481 e. The number of nitrogen functional groups attached to an aromatic ring is 1. The van der Waals surface area contributed by atoms with E-state index in [-0.39, 0.29) is 41.6 Å². The highest BCUT2D eigenvalue weighted by molar-refractivity contribution is 8.13. The van der Waals surface area contributed by atoms with Gasteiger partial charge < -0.3 is 50.9 Å². The van der Waals surface area contributed by atoms with Gasteiger partial charge in [-0.15, -0.1) is 0 Å². The van der Waals surface area contributed by atoms with Crippen molar-refractivity contribution in [3.8, 4) is 0 Å². The number of unbranched alkanes of at least 4 members (excludes halogenated alkanes) is 6. The highest BCUT2D eigenvalue weighted by Gasteiger charge is 2.50. The van der Waals surface area contributed by atoms with Crippen LogP contribution in [0.2, 0.25) is 0 Å². The maximum absolute atomic E-state index is 12.7. The first-order chi connectivity index (χ1) is 28.9. The van der Waals surface area contributed by atoms with Gasteiger partial charge in [0.25, 0.3) is 0 Å². The number of hydrogen-bond acceptors (Lipinski definition) is 18. The Morgan fingerprint density at radius 1 is 0.984 bits per heavy atom. The summed E-state index contributed by atoms with van der Waals surface area (Å²) in [5, 5.41) is 26.6. The van der Waals surface area contributed by atoms with Gasteiger partial charge in [0.2, 0.25) is 11.8 Å². The molecule has 0 spiro atoms. The summed E-state index contributed by atoms with van der Waals surface area (Å²) in [4.78, 5) is 88.3. The number of nitrogens with two attached hydrogens (primary N) is 1. The number of carbonyl (C=O) groups excluding carboxylic acids is 3. The summed E-state index contributed by atoms with van der Waals surface area (Å²) in [6.45, 7) is 4.82. The van der Waals surface area contributed by atoms with Gasteiger partial charge in [0, 0.05) is 37.1 Å². The molecule has 354 valence electrons. The van der Waals surface area contributed by atoms with E-state index < -0.39 is 84.6 Å². The van der Waals surface area contributed by atoms with Crippen LogP contribution in [0.4, 0.5) is 5.82 Å². The summed E-state index contributed by atoms with van der Waals surface area (Å²) < 4.78 is 62.3. The van der Waals surface area contributed by atoms with Crippen LogP contribution >= 0.6 is 35.2 Å². The van der Waals surface area contributed by atoms with Crippen LogP contribution in [0.15, 0.2) is 12.7 Å². The Morgan fingerprint density at radius 2 is 1.65 bits per heavy atom. The third-order valence-electron chi connectivity index (χ3n) is 9.58. The van der Waals surface area contributed by atoms with Gasteiger partial charge in [0.05, 0.1) is 19.5 Å². The van der Waals surface area contributed by atoms with Crippen LogP contribution in [0.3, 0.4) is 0 Å². The second-order valence-electron chi connectivity index (χ2n) is 15.5. The molecule has 3 heterocycles. The quantitative estimate of drug-likeness (QED) is 0.0418. The molecule has 3 rings (SSSR count). The second-order valence-corrected chi connectivity index (χ2v) is 20.9. The molecule has 10 N–H and O–H groups in total. The first-order valence-corrected chi connectivity index (χ1v) is 25.5. The Labute approximate surface area is 363 Å². The Balaban J connectivity index is 1.39. The molecule has 1 fully saturated rings. The zero-order valence-electron chi connectivity index (χ0n) is 35.0. The third-order valence-corrected chi connectivity index (χ3v) is 13.6. The fraction of sp³-hybridized carbons (Fsp3) is 0.765. The number of carbonyl (C=O) groups is 3. The number of thioether (sulfide) groups is 1. The van der Waals surface area contributed by atoms with E-state index in [2.05, 4.69) is 48.3 Å². The number of phosphoric ester groups is 3. The van der Waals surface area contributed by atoms with Crippen molar-refractivity contribution >= 4 is 69.1 Å². The van der Waals surface area contributed by atoms with Crippen LogP contribution in [0.5, 0.6) is 0 Å². The summed E-state index contributed by atoms with van der Waals surface area (Å²) in [7, 11) is -16.4. The number of amides is 2. The number of rotatable bonds is 29. The van der Waals surface area contributed by atoms with E-state index in [1.165, 1.54) is 52.4 Å². The third kappa shape index (κ3) is 18.2. The summed E-state index contributed by atoms with van der Waals surface area (Å²) in [5.74, 6) is -0.743. The molecule has 28 heteroatoms. The molecule has 62 heavy (non-hydrogen) atoms. The van der Waals surface area contributed by atoms with E-state index in [0.717, 1.165) is 41.8 Å². The van der Waals surface area contributed by atoms with E-state index in [4.69, 9.17) is 19.5 Å². The maximum atomic E-state index is 12.7. The van der Waals surface area contributed by atoms with Gasteiger partial charge in [-0.1, -0.05) is 90.8 Å². The van der Waals surface area contributed by atoms with Crippen LogP contribution < -0.4 is 16.4 Å². The number of phosphoric acid groups is 3. The van der Waals surface area contributed by atoms with Crippen molar-refractivity contribution in [3.63, 3.8) is 0 Å². The minimum atomic E-state index is -5.57. The number of anilines is 1. The van der Waals surface area contributed by atoms with E-state index >= 15 is 0 Å². The zero-order valence-corrected chi connectivity index (χ0v) is 38.5. The fourth-order valence-electron chi connectivity index (χ4n) is 6.19. The van der Waals surface area contributed by atoms with Crippen LogP contribution in [-0.4, -0.2) is 123 Å². The van der Waals surface area contributed by atoms with Crippen molar-refractivity contribution < 1.29 is 80.5 Å². The van der Waals surface area contributed by atoms with Crippen molar-refractivity contribution in [2.45, 2.75) is 123 Å². The highest BCUT2D eigenvalue weighted by atomic mass is 32.2. The first kappa shape index (κ1) is 53.9. The molecule has 0 aliphatic carbocycles. The van der Waals surface area contributed by atoms with Gasteiger partial charge in [0.15, 0.2) is 22.8 Å². The topological polar surface area (TPSA) is 364 Å². The van der Waals surface area contributed by atoms with Crippen molar-refractivity contribution in [3.05, 3.63) is 12.7 Å². The number of aliphatic hydroxyl groups excluding tert-OH is 2. The molecule has 2 aromatic rings. The average Bonchev–Trinajstić information content (AvgIpc) is 3.74. The lowest BCUT2D eigenvalue weighted by Crippen LogP contribution is -2.46. The minimum Gasteiger partial charge on any atom is -0.386 e. The van der Waals surface area contributed by atoms with Crippen molar-refractivity contribution in [2.75, 3.05) is 37.8 Å². The fourth-order valence-corrected chi connectivity index (χ4v) is 9.85. The molecule has 0 radical (unpaired) electrons. The van der Waals surface area contributed by atoms with Crippen LogP contribution in [0, 0.1) is 11.3 Å². The SMILES string of the molecule is CCCCCCCCCC(C)CC(=O)SCCNC(=O)CCNC(=O)[C@H](O)C(C)(C)COP(=O)(O)OP(=O)(O)OC[C@H]1O[C@@H](n2cnc3c(N)ncnc32)[C@H](O)[C@@H]1OP(=O)(O)O. The van der Waals surface area contributed by atoms with Crippen molar-refractivity contribution in [2.24, 2.45) is 11.3 Å². The number of fused-ring (bicyclic) bond motifs is 1. The normalized spacial score (nSPS) is 21.3. The van der Waals surface area contributed by atoms with Gasteiger partial charge in [-0.05, 0) is 5.92 Å². The standard InChI is InChI=1S/C34H60N7O17P3S/c1-5-6-7-8-9-10-11-12-22(2)17-25(43)62-16-15-36-24(42)13-14-37-32(46)29(45)34(3,4)19-55-61(52,53)58-60(50,51)54-18-23-28(57-59(47,48)49)27(44)33(56-23)41-21-40-26-30(35)38-20-39-31(26)41/h20-23,27-29,33,44-45H,5-19H2,1-4H3,(H,36,42)(H,37,46)(H,50,51)(H,52,53)(H2,35,38,39)(H2,47,48,49)/t22?,23-,27-,28-,29+,33-/m1/s1. The van der Waals surface area contributed by atoms with Crippen LogP contribution in [0.1, 0.15) is 98.1 Å². The molecular weight excluding hydrogens is 903 g/mol. The Morgan fingerprint density at radius 3 is 2.32 bits per heavy atom. The van der Waals surface area contributed by atoms with Gasteiger partial charge >= 0.3 is 23.5 Å².